The topological polar surface area (TPSA) is 53.6 Å². The van der Waals surface area contributed by atoms with Crippen molar-refractivity contribution in [2.45, 2.75) is 18.8 Å². The number of hydrogen-bond donors (Lipinski definition) is 2. The highest BCUT2D eigenvalue weighted by atomic mass is 16.4. The van der Waals surface area contributed by atoms with E-state index < -0.39 is 7.12 Å². The Labute approximate surface area is 111 Å². The average molecular weight is 254 g/mol. The van der Waals surface area contributed by atoms with Crippen molar-refractivity contribution in [3.8, 4) is 0 Å². The fourth-order valence-corrected chi connectivity index (χ4v) is 2.57. The fraction of sp³-hybridized carbons (Fsp3) is 0.200. The molecule has 0 fully saturated rings. The predicted molar refractivity (Wildman–Crippen MR) is 75.1 cm³/mol. The van der Waals surface area contributed by atoms with Crippen LogP contribution in [0.1, 0.15) is 18.9 Å². The van der Waals surface area contributed by atoms with Gasteiger partial charge in [-0.2, -0.15) is 0 Å². The van der Waals surface area contributed by atoms with Crippen molar-refractivity contribution in [2.24, 2.45) is 0 Å². The second kappa shape index (κ2) is 4.40. The van der Waals surface area contributed by atoms with Gasteiger partial charge in [0.25, 0.3) is 0 Å². The SMILES string of the molecule is CC1(c2ccccc2)C=c2cc(B(O)O)oc2=CC1. The Morgan fingerprint density at radius 2 is 1.95 bits per heavy atom. The minimum atomic E-state index is -1.56. The van der Waals surface area contributed by atoms with Crippen LogP contribution >= 0.6 is 0 Å². The van der Waals surface area contributed by atoms with Crippen molar-refractivity contribution in [1.29, 1.82) is 0 Å². The van der Waals surface area contributed by atoms with Gasteiger partial charge in [0.2, 0.25) is 0 Å². The van der Waals surface area contributed by atoms with Crippen LogP contribution in [0.5, 0.6) is 0 Å². The van der Waals surface area contributed by atoms with Crippen molar-refractivity contribution in [3.05, 3.63) is 52.6 Å². The molecule has 3 nitrogen and oxygen atoms in total. The third-order valence-corrected chi connectivity index (χ3v) is 3.68. The molecule has 1 aromatic carbocycles. The molecule has 3 rings (SSSR count). The molecular formula is C15H15BO3. The van der Waals surface area contributed by atoms with Gasteiger partial charge in [0.1, 0.15) is 11.1 Å². The minimum Gasteiger partial charge on any atom is -0.465 e. The fourth-order valence-electron chi connectivity index (χ4n) is 2.57. The molecule has 1 atom stereocenters. The summed E-state index contributed by atoms with van der Waals surface area (Å²) < 4.78 is 5.41. The van der Waals surface area contributed by atoms with Gasteiger partial charge in [-0.05, 0) is 24.1 Å². The lowest BCUT2D eigenvalue weighted by atomic mass is 9.77. The monoisotopic (exact) mass is 254 g/mol. The van der Waals surface area contributed by atoms with E-state index in [1.54, 1.807) is 6.07 Å². The molecule has 1 aliphatic rings. The molecule has 19 heavy (non-hydrogen) atoms. The summed E-state index contributed by atoms with van der Waals surface area (Å²) in [4.78, 5) is 0. The molecule has 1 aromatic heterocycles. The highest BCUT2D eigenvalue weighted by Crippen LogP contribution is 2.30. The molecule has 4 heteroatoms. The van der Waals surface area contributed by atoms with Gasteiger partial charge in [0.15, 0.2) is 0 Å². The Bertz CT molecular complexity index is 703. The lowest BCUT2D eigenvalue weighted by Crippen LogP contribution is -2.32. The average Bonchev–Trinajstić information content (AvgIpc) is 2.83. The van der Waals surface area contributed by atoms with Crippen LogP contribution < -0.4 is 16.3 Å². The van der Waals surface area contributed by atoms with E-state index >= 15 is 0 Å². The summed E-state index contributed by atoms with van der Waals surface area (Å²) in [5, 5.41) is 19.2. The minimum absolute atomic E-state index is 0.0875. The molecule has 1 unspecified atom stereocenters. The number of hydrogen-bond acceptors (Lipinski definition) is 3. The number of fused-ring (bicyclic) bond motifs is 1. The molecular weight excluding hydrogens is 239 g/mol. The van der Waals surface area contributed by atoms with E-state index in [1.165, 1.54) is 5.56 Å². The van der Waals surface area contributed by atoms with Gasteiger partial charge in [-0.15, -0.1) is 0 Å². The van der Waals surface area contributed by atoms with E-state index in [1.807, 2.05) is 24.3 Å². The number of rotatable bonds is 2. The molecule has 1 heterocycles. The number of benzene rings is 1. The second-order valence-electron chi connectivity index (χ2n) is 5.18. The molecule has 0 saturated heterocycles. The lowest BCUT2D eigenvalue weighted by Gasteiger charge is -2.26. The van der Waals surface area contributed by atoms with E-state index in [0.717, 1.165) is 17.1 Å². The van der Waals surface area contributed by atoms with Crippen LogP contribution in [0.4, 0.5) is 0 Å². The van der Waals surface area contributed by atoms with Gasteiger partial charge in [-0.1, -0.05) is 43.3 Å². The van der Waals surface area contributed by atoms with E-state index in [0.29, 0.717) is 0 Å². The second-order valence-corrected chi connectivity index (χ2v) is 5.18. The number of furan rings is 1. The summed E-state index contributed by atoms with van der Waals surface area (Å²) in [5.41, 5.74) is 2.06. The first-order valence-electron chi connectivity index (χ1n) is 6.33. The predicted octanol–water partition coefficient (Wildman–Crippen LogP) is -0.118. The zero-order valence-electron chi connectivity index (χ0n) is 10.7. The Hall–Kier alpha value is -1.78. The molecule has 2 aromatic rings. The normalized spacial score (nSPS) is 21.2. The summed E-state index contributed by atoms with van der Waals surface area (Å²) in [6, 6.07) is 12.0. The van der Waals surface area contributed by atoms with Crippen molar-refractivity contribution >= 4 is 24.9 Å². The summed E-state index contributed by atoms with van der Waals surface area (Å²) >= 11 is 0. The smallest absolute Gasteiger partial charge is 0.465 e. The third kappa shape index (κ3) is 2.13. The summed E-state index contributed by atoms with van der Waals surface area (Å²) in [6.07, 6.45) is 4.97. The lowest BCUT2D eigenvalue weighted by molar-refractivity contribution is 0.406. The Kier molecular flexibility index (Phi) is 2.84. The molecule has 0 aliphatic heterocycles. The van der Waals surface area contributed by atoms with E-state index in [-0.39, 0.29) is 11.1 Å². The van der Waals surface area contributed by atoms with Crippen molar-refractivity contribution in [3.63, 3.8) is 0 Å². The van der Waals surface area contributed by atoms with Gasteiger partial charge in [0.05, 0.1) is 0 Å². The molecule has 0 bridgehead atoms. The maximum absolute atomic E-state index is 9.15. The quantitative estimate of drug-likeness (QED) is 0.735. The van der Waals surface area contributed by atoms with Crippen LogP contribution in [0.3, 0.4) is 0 Å². The van der Waals surface area contributed by atoms with Gasteiger partial charge < -0.3 is 14.5 Å². The largest absolute Gasteiger partial charge is 0.526 e. The molecule has 0 spiro atoms. The van der Waals surface area contributed by atoms with Crippen LogP contribution in [0.2, 0.25) is 0 Å². The summed E-state index contributed by atoms with van der Waals surface area (Å²) in [7, 11) is -1.56. The molecule has 0 saturated carbocycles. The van der Waals surface area contributed by atoms with Gasteiger partial charge >= 0.3 is 7.12 Å². The zero-order valence-corrected chi connectivity index (χ0v) is 10.7. The van der Waals surface area contributed by atoms with Crippen molar-refractivity contribution in [1.82, 2.24) is 0 Å². The molecule has 0 amide bonds. The summed E-state index contributed by atoms with van der Waals surface area (Å²) in [6.45, 7) is 2.17. The van der Waals surface area contributed by atoms with Gasteiger partial charge in [-0.3, -0.25) is 0 Å². The maximum Gasteiger partial charge on any atom is 0.526 e. The maximum atomic E-state index is 9.15. The van der Waals surface area contributed by atoms with E-state index in [9.17, 15) is 0 Å². The van der Waals surface area contributed by atoms with Gasteiger partial charge in [-0.25, -0.2) is 0 Å². The van der Waals surface area contributed by atoms with Crippen LogP contribution in [-0.2, 0) is 5.41 Å². The third-order valence-electron chi connectivity index (χ3n) is 3.68. The molecule has 1 aliphatic carbocycles. The summed E-state index contributed by atoms with van der Waals surface area (Å²) in [5.74, 6) is 0. The standard InChI is InChI=1S/C15H15BO3/c1-15(12-5-3-2-4-6-12)8-7-13-11(10-15)9-14(19-13)16(17)18/h2-7,9-10,17-18H,8H2,1H3. The Balaban J connectivity index is 2.11. The Morgan fingerprint density at radius 3 is 2.63 bits per heavy atom. The van der Waals surface area contributed by atoms with Crippen LogP contribution in [0.25, 0.3) is 12.2 Å². The van der Waals surface area contributed by atoms with Crippen LogP contribution in [0.15, 0.2) is 40.8 Å². The van der Waals surface area contributed by atoms with Crippen molar-refractivity contribution in [2.75, 3.05) is 0 Å². The van der Waals surface area contributed by atoms with Crippen molar-refractivity contribution < 1.29 is 14.5 Å². The molecule has 96 valence electrons. The highest BCUT2D eigenvalue weighted by Gasteiger charge is 2.26. The van der Waals surface area contributed by atoms with Gasteiger partial charge in [0, 0.05) is 10.6 Å². The zero-order chi connectivity index (χ0) is 13.5. The first-order valence-corrected chi connectivity index (χ1v) is 6.33. The van der Waals surface area contributed by atoms with E-state index in [2.05, 4.69) is 25.1 Å². The molecule has 2 N–H and O–H groups in total. The molecule has 0 radical (unpaired) electrons. The van der Waals surface area contributed by atoms with E-state index in [4.69, 9.17) is 14.5 Å². The Morgan fingerprint density at radius 1 is 1.21 bits per heavy atom. The first-order chi connectivity index (χ1) is 9.08. The van der Waals surface area contributed by atoms with Crippen LogP contribution in [-0.4, -0.2) is 17.2 Å². The van der Waals surface area contributed by atoms with Crippen LogP contribution in [0, 0.1) is 0 Å². The highest BCUT2D eigenvalue weighted by molar-refractivity contribution is 6.56. The first kappa shape index (κ1) is 12.3.